The Morgan fingerprint density at radius 1 is 0.667 bits per heavy atom. The van der Waals surface area contributed by atoms with Gasteiger partial charge in [0.2, 0.25) is 0 Å². The minimum absolute atomic E-state index is 0.153. The Bertz CT molecular complexity index is 1030. The van der Waals surface area contributed by atoms with E-state index in [1.807, 2.05) is 24.3 Å². The fourth-order valence-corrected chi connectivity index (χ4v) is 2.54. The summed E-state index contributed by atoms with van der Waals surface area (Å²) in [5, 5.41) is 0.914. The molecule has 3 nitrogen and oxygen atoms in total. The van der Waals surface area contributed by atoms with E-state index in [2.05, 4.69) is 15.0 Å². The standard InChI is InChI=1S/C19H11F2N3/c20-13-6-3-7-14(21)18(13)16-9-4-10-17(23-16)19-22-11-12-5-1-2-8-15(12)24-19/h1-11H. The van der Waals surface area contributed by atoms with Crippen LogP contribution in [0.5, 0.6) is 0 Å². The minimum atomic E-state index is -0.654. The summed E-state index contributed by atoms with van der Waals surface area (Å²) in [4.78, 5) is 13.1. The summed E-state index contributed by atoms with van der Waals surface area (Å²) in [6.07, 6.45) is 1.70. The van der Waals surface area contributed by atoms with E-state index in [1.54, 1.807) is 24.4 Å². The molecular formula is C19H11F2N3. The Morgan fingerprint density at radius 3 is 2.21 bits per heavy atom. The number of para-hydroxylation sites is 1. The Balaban J connectivity index is 1.85. The zero-order valence-corrected chi connectivity index (χ0v) is 12.4. The molecule has 0 aliphatic carbocycles. The normalized spacial score (nSPS) is 10.9. The number of halogens is 2. The molecule has 0 fully saturated rings. The molecule has 24 heavy (non-hydrogen) atoms. The average molecular weight is 319 g/mol. The van der Waals surface area contributed by atoms with Gasteiger partial charge in [-0.2, -0.15) is 0 Å². The molecule has 2 aromatic carbocycles. The fraction of sp³-hybridized carbons (Fsp3) is 0. The van der Waals surface area contributed by atoms with E-state index in [1.165, 1.54) is 18.2 Å². The summed E-state index contributed by atoms with van der Waals surface area (Å²) in [5.41, 5.74) is 1.30. The molecule has 5 heteroatoms. The van der Waals surface area contributed by atoms with Crippen LogP contribution < -0.4 is 0 Å². The van der Waals surface area contributed by atoms with Gasteiger partial charge in [0.1, 0.15) is 17.3 Å². The number of aromatic nitrogens is 3. The van der Waals surface area contributed by atoms with Crippen molar-refractivity contribution in [2.75, 3.05) is 0 Å². The highest BCUT2D eigenvalue weighted by atomic mass is 19.1. The Morgan fingerprint density at radius 2 is 1.38 bits per heavy atom. The van der Waals surface area contributed by atoms with Crippen LogP contribution in [-0.2, 0) is 0 Å². The summed E-state index contributed by atoms with van der Waals surface area (Å²) in [5.74, 6) is -0.898. The van der Waals surface area contributed by atoms with Crippen molar-refractivity contribution in [3.8, 4) is 22.8 Å². The molecule has 0 saturated carbocycles. The first-order valence-corrected chi connectivity index (χ1v) is 7.36. The molecular weight excluding hydrogens is 308 g/mol. The van der Waals surface area contributed by atoms with Crippen molar-refractivity contribution >= 4 is 10.9 Å². The second kappa shape index (κ2) is 5.77. The monoisotopic (exact) mass is 319 g/mol. The van der Waals surface area contributed by atoms with Crippen LogP contribution in [0.4, 0.5) is 8.78 Å². The predicted molar refractivity (Wildman–Crippen MR) is 88.1 cm³/mol. The van der Waals surface area contributed by atoms with Crippen molar-refractivity contribution in [2.45, 2.75) is 0 Å². The van der Waals surface area contributed by atoms with Gasteiger partial charge in [-0.3, -0.25) is 0 Å². The third-order valence-corrected chi connectivity index (χ3v) is 3.69. The topological polar surface area (TPSA) is 38.7 Å². The SMILES string of the molecule is Fc1cccc(F)c1-c1cccc(-c2ncc3ccccc3n2)n1. The van der Waals surface area contributed by atoms with E-state index in [0.717, 1.165) is 10.9 Å². The summed E-state index contributed by atoms with van der Waals surface area (Å²) in [7, 11) is 0. The maximum Gasteiger partial charge on any atom is 0.178 e. The van der Waals surface area contributed by atoms with Gasteiger partial charge in [-0.1, -0.05) is 30.3 Å². The van der Waals surface area contributed by atoms with E-state index in [9.17, 15) is 8.78 Å². The Labute approximate surface area is 136 Å². The first kappa shape index (κ1) is 14.4. The summed E-state index contributed by atoms with van der Waals surface area (Å²) >= 11 is 0. The van der Waals surface area contributed by atoms with Crippen LogP contribution in [0, 0.1) is 11.6 Å². The molecule has 0 bridgehead atoms. The molecule has 0 saturated heterocycles. The van der Waals surface area contributed by atoms with Gasteiger partial charge < -0.3 is 0 Å². The van der Waals surface area contributed by atoms with Gasteiger partial charge in [0.25, 0.3) is 0 Å². The van der Waals surface area contributed by atoms with Gasteiger partial charge >= 0.3 is 0 Å². The van der Waals surface area contributed by atoms with Gasteiger partial charge in [-0.15, -0.1) is 0 Å². The fourth-order valence-electron chi connectivity index (χ4n) is 2.54. The largest absolute Gasteiger partial charge is 0.244 e. The zero-order valence-electron chi connectivity index (χ0n) is 12.4. The second-order valence-electron chi connectivity index (χ2n) is 5.26. The molecule has 4 rings (SSSR count). The van der Waals surface area contributed by atoms with Crippen LogP contribution >= 0.6 is 0 Å². The number of nitrogens with zero attached hydrogens (tertiary/aromatic N) is 3. The van der Waals surface area contributed by atoms with Gasteiger partial charge in [-0.05, 0) is 30.3 Å². The Kier molecular flexibility index (Phi) is 3.46. The van der Waals surface area contributed by atoms with E-state index < -0.39 is 11.6 Å². The van der Waals surface area contributed by atoms with E-state index in [-0.39, 0.29) is 11.3 Å². The van der Waals surface area contributed by atoms with Gasteiger partial charge in [-0.25, -0.2) is 23.7 Å². The lowest BCUT2D eigenvalue weighted by Gasteiger charge is -2.07. The third-order valence-electron chi connectivity index (χ3n) is 3.69. The van der Waals surface area contributed by atoms with Gasteiger partial charge in [0.05, 0.1) is 16.8 Å². The van der Waals surface area contributed by atoms with Crippen molar-refractivity contribution in [1.82, 2.24) is 15.0 Å². The molecule has 0 amide bonds. The smallest absolute Gasteiger partial charge is 0.178 e. The van der Waals surface area contributed by atoms with Gasteiger partial charge in [0.15, 0.2) is 5.82 Å². The maximum absolute atomic E-state index is 14.0. The van der Waals surface area contributed by atoms with Crippen molar-refractivity contribution < 1.29 is 8.78 Å². The van der Waals surface area contributed by atoms with Crippen LogP contribution in [0.2, 0.25) is 0 Å². The number of rotatable bonds is 2. The molecule has 0 atom stereocenters. The highest BCUT2D eigenvalue weighted by molar-refractivity contribution is 5.79. The van der Waals surface area contributed by atoms with E-state index in [4.69, 9.17) is 0 Å². The molecule has 0 radical (unpaired) electrons. The molecule has 0 spiro atoms. The number of hydrogen-bond donors (Lipinski definition) is 0. The van der Waals surface area contributed by atoms with E-state index in [0.29, 0.717) is 11.5 Å². The second-order valence-corrected chi connectivity index (χ2v) is 5.26. The first-order chi connectivity index (χ1) is 11.7. The van der Waals surface area contributed by atoms with E-state index >= 15 is 0 Å². The molecule has 0 aliphatic heterocycles. The number of benzene rings is 2. The predicted octanol–water partition coefficient (Wildman–Crippen LogP) is 4.64. The van der Waals surface area contributed by atoms with Crippen molar-refractivity contribution in [1.29, 1.82) is 0 Å². The minimum Gasteiger partial charge on any atom is -0.244 e. The lowest BCUT2D eigenvalue weighted by molar-refractivity contribution is 0.588. The highest BCUT2D eigenvalue weighted by Gasteiger charge is 2.14. The van der Waals surface area contributed by atoms with Crippen LogP contribution in [0.1, 0.15) is 0 Å². The summed E-state index contributed by atoms with van der Waals surface area (Å²) in [6, 6.07) is 16.3. The number of pyridine rings is 1. The highest BCUT2D eigenvalue weighted by Crippen LogP contribution is 2.26. The van der Waals surface area contributed by atoms with Gasteiger partial charge in [0, 0.05) is 11.6 Å². The summed E-state index contributed by atoms with van der Waals surface area (Å²) < 4.78 is 27.9. The molecule has 0 aliphatic rings. The summed E-state index contributed by atoms with van der Waals surface area (Å²) in [6.45, 7) is 0. The van der Waals surface area contributed by atoms with Crippen LogP contribution in [0.15, 0.2) is 66.9 Å². The molecule has 0 unspecified atom stereocenters. The quantitative estimate of drug-likeness (QED) is 0.540. The van der Waals surface area contributed by atoms with Crippen molar-refractivity contribution in [3.05, 3.63) is 78.5 Å². The van der Waals surface area contributed by atoms with Crippen LogP contribution in [0.25, 0.3) is 33.7 Å². The number of fused-ring (bicyclic) bond motifs is 1. The lowest BCUT2D eigenvalue weighted by atomic mass is 10.1. The molecule has 4 aromatic rings. The van der Waals surface area contributed by atoms with Crippen molar-refractivity contribution in [3.63, 3.8) is 0 Å². The molecule has 2 heterocycles. The molecule has 116 valence electrons. The third kappa shape index (κ3) is 2.50. The van der Waals surface area contributed by atoms with Crippen LogP contribution in [0.3, 0.4) is 0 Å². The Hall–Kier alpha value is -3.21. The zero-order chi connectivity index (χ0) is 16.5. The number of hydrogen-bond acceptors (Lipinski definition) is 3. The maximum atomic E-state index is 14.0. The van der Waals surface area contributed by atoms with Crippen molar-refractivity contribution in [2.24, 2.45) is 0 Å². The molecule has 2 aromatic heterocycles. The lowest BCUT2D eigenvalue weighted by Crippen LogP contribution is -1.96. The average Bonchev–Trinajstić information content (AvgIpc) is 2.61. The first-order valence-electron chi connectivity index (χ1n) is 7.36. The molecule has 0 N–H and O–H groups in total. The van der Waals surface area contributed by atoms with Crippen LogP contribution in [-0.4, -0.2) is 15.0 Å².